The monoisotopic (exact) mass is 290 g/mol. The molecular formula is C17H26N2O2. The van der Waals surface area contributed by atoms with Gasteiger partial charge in [-0.15, -0.1) is 0 Å². The summed E-state index contributed by atoms with van der Waals surface area (Å²) in [5.41, 5.74) is 0.837. The fourth-order valence-electron chi connectivity index (χ4n) is 3.01. The van der Waals surface area contributed by atoms with Gasteiger partial charge in [0.25, 0.3) is 0 Å². The Balaban J connectivity index is 1.92. The SMILES string of the molecule is CC(O)CC1CCCCCN1CC(=O)Nc1ccccc1. The molecule has 1 aromatic rings. The molecule has 0 radical (unpaired) electrons. The number of benzene rings is 1. The number of aliphatic hydroxyl groups is 1. The lowest BCUT2D eigenvalue weighted by atomic mass is 10.0. The zero-order valence-electron chi connectivity index (χ0n) is 12.8. The number of hydrogen-bond acceptors (Lipinski definition) is 3. The third kappa shape index (κ3) is 5.48. The standard InChI is InChI=1S/C17H26N2O2/c1-14(20)12-16-10-6-3-7-11-19(16)13-17(21)18-15-8-4-2-5-9-15/h2,4-5,8-9,14,16,20H,3,6-7,10-13H2,1H3,(H,18,21). The average molecular weight is 290 g/mol. The average Bonchev–Trinajstić information content (AvgIpc) is 2.65. The Labute approximate surface area is 127 Å². The van der Waals surface area contributed by atoms with Gasteiger partial charge in [0.1, 0.15) is 0 Å². The largest absolute Gasteiger partial charge is 0.393 e. The Morgan fingerprint density at radius 1 is 1.33 bits per heavy atom. The molecule has 0 saturated carbocycles. The Morgan fingerprint density at radius 3 is 2.81 bits per heavy atom. The van der Waals surface area contributed by atoms with Crippen LogP contribution in [0.4, 0.5) is 5.69 Å². The van der Waals surface area contributed by atoms with Crippen LogP contribution in [0.1, 0.15) is 39.0 Å². The molecular weight excluding hydrogens is 264 g/mol. The van der Waals surface area contributed by atoms with Gasteiger partial charge < -0.3 is 10.4 Å². The molecule has 0 aromatic heterocycles. The van der Waals surface area contributed by atoms with Crippen molar-refractivity contribution in [2.24, 2.45) is 0 Å². The van der Waals surface area contributed by atoms with Crippen molar-refractivity contribution in [3.8, 4) is 0 Å². The number of hydrogen-bond donors (Lipinski definition) is 2. The molecule has 1 aromatic carbocycles. The van der Waals surface area contributed by atoms with Gasteiger partial charge in [0.2, 0.25) is 5.91 Å². The van der Waals surface area contributed by atoms with Crippen molar-refractivity contribution in [2.45, 2.75) is 51.2 Å². The van der Waals surface area contributed by atoms with Crippen molar-refractivity contribution in [1.82, 2.24) is 4.90 Å². The maximum absolute atomic E-state index is 12.2. The van der Waals surface area contributed by atoms with E-state index in [1.54, 1.807) is 0 Å². The molecule has 116 valence electrons. The number of amides is 1. The second-order valence-corrected chi connectivity index (χ2v) is 5.97. The first-order valence-electron chi connectivity index (χ1n) is 7.92. The smallest absolute Gasteiger partial charge is 0.238 e. The molecule has 4 nitrogen and oxygen atoms in total. The number of carbonyl (C=O) groups is 1. The molecule has 21 heavy (non-hydrogen) atoms. The van der Waals surface area contributed by atoms with Gasteiger partial charge in [-0.05, 0) is 44.9 Å². The number of likely N-dealkylation sites (tertiary alicyclic amines) is 1. The minimum absolute atomic E-state index is 0.0266. The number of rotatable bonds is 5. The highest BCUT2D eigenvalue weighted by atomic mass is 16.3. The maximum atomic E-state index is 12.2. The predicted octanol–water partition coefficient (Wildman–Crippen LogP) is 2.64. The molecule has 0 spiro atoms. The fourth-order valence-corrected chi connectivity index (χ4v) is 3.01. The Kier molecular flexibility index (Phi) is 6.21. The first kappa shape index (κ1) is 16.0. The van der Waals surface area contributed by atoms with E-state index in [1.165, 1.54) is 12.8 Å². The lowest BCUT2D eigenvalue weighted by Crippen LogP contribution is -2.42. The van der Waals surface area contributed by atoms with Crippen LogP contribution in [0.5, 0.6) is 0 Å². The van der Waals surface area contributed by atoms with Crippen molar-refractivity contribution >= 4 is 11.6 Å². The number of anilines is 1. The molecule has 1 aliphatic heterocycles. The van der Waals surface area contributed by atoms with Gasteiger partial charge in [-0.3, -0.25) is 9.69 Å². The first-order valence-corrected chi connectivity index (χ1v) is 7.92. The van der Waals surface area contributed by atoms with Crippen LogP contribution in [-0.2, 0) is 4.79 Å². The van der Waals surface area contributed by atoms with Crippen molar-refractivity contribution in [3.63, 3.8) is 0 Å². The Morgan fingerprint density at radius 2 is 2.10 bits per heavy atom. The van der Waals surface area contributed by atoms with E-state index in [4.69, 9.17) is 0 Å². The number of carbonyl (C=O) groups excluding carboxylic acids is 1. The minimum atomic E-state index is -0.312. The normalized spacial score (nSPS) is 21.5. The Bertz CT molecular complexity index is 434. The van der Waals surface area contributed by atoms with E-state index >= 15 is 0 Å². The van der Waals surface area contributed by atoms with Crippen LogP contribution in [0, 0.1) is 0 Å². The molecule has 4 heteroatoms. The molecule has 1 heterocycles. The molecule has 1 amide bonds. The van der Waals surface area contributed by atoms with E-state index in [0.29, 0.717) is 12.6 Å². The van der Waals surface area contributed by atoms with Crippen molar-refractivity contribution in [1.29, 1.82) is 0 Å². The van der Waals surface area contributed by atoms with Crippen molar-refractivity contribution in [3.05, 3.63) is 30.3 Å². The zero-order valence-corrected chi connectivity index (χ0v) is 12.8. The van der Waals surface area contributed by atoms with E-state index in [2.05, 4.69) is 10.2 Å². The van der Waals surface area contributed by atoms with Crippen LogP contribution in [0.25, 0.3) is 0 Å². The summed E-state index contributed by atoms with van der Waals surface area (Å²) in [7, 11) is 0. The van der Waals surface area contributed by atoms with Crippen molar-refractivity contribution < 1.29 is 9.90 Å². The van der Waals surface area contributed by atoms with E-state index in [0.717, 1.165) is 31.5 Å². The van der Waals surface area contributed by atoms with Crippen LogP contribution >= 0.6 is 0 Å². The maximum Gasteiger partial charge on any atom is 0.238 e. The molecule has 0 aliphatic carbocycles. The third-order valence-electron chi connectivity index (χ3n) is 4.02. The second-order valence-electron chi connectivity index (χ2n) is 5.97. The summed E-state index contributed by atoms with van der Waals surface area (Å²) in [6, 6.07) is 9.87. The van der Waals surface area contributed by atoms with E-state index in [-0.39, 0.29) is 12.0 Å². The van der Waals surface area contributed by atoms with E-state index in [9.17, 15) is 9.90 Å². The second kappa shape index (κ2) is 8.15. The fraction of sp³-hybridized carbons (Fsp3) is 0.588. The molecule has 1 saturated heterocycles. The topological polar surface area (TPSA) is 52.6 Å². The first-order chi connectivity index (χ1) is 10.1. The number of nitrogens with one attached hydrogen (secondary N) is 1. The van der Waals surface area contributed by atoms with Gasteiger partial charge in [-0.2, -0.15) is 0 Å². The van der Waals surface area contributed by atoms with Crippen LogP contribution in [0.15, 0.2) is 30.3 Å². The third-order valence-corrected chi connectivity index (χ3v) is 4.02. The summed E-state index contributed by atoms with van der Waals surface area (Å²) in [5, 5.41) is 12.6. The molecule has 2 atom stereocenters. The molecule has 1 aliphatic rings. The summed E-state index contributed by atoms with van der Waals surface area (Å²) >= 11 is 0. The van der Waals surface area contributed by atoms with Crippen LogP contribution in [-0.4, -0.2) is 41.1 Å². The lowest BCUT2D eigenvalue weighted by Gasteiger charge is -2.30. The predicted molar refractivity (Wildman–Crippen MR) is 85.2 cm³/mol. The summed E-state index contributed by atoms with van der Waals surface area (Å²) < 4.78 is 0. The van der Waals surface area contributed by atoms with Crippen LogP contribution in [0.2, 0.25) is 0 Å². The van der Waals surface area contributed by atoms with Gasteiger partial charge in [0.05, 0.1) is 12.6 Å². The van der Waals surface area contributed by atoms with Gasteiger partial charge >= 0.3 is 0 Å². The van der Waals surface area contributed by atoms with Gasteiger partial charge in [-0.1, -0.05) is 31.0 Å². The minimum Gasteiger partial charge on any atom is -0.393 e. The van der Waals surface area contributed by atoms with Crippen LogP contribution < -0.4 is 5.32 Å². The number of nitrogens with zero attached hydrogens (tertiary/aromatic N) is 1. The quantitative estimate of drug-likeness (QED) is 0.876. The Hall–Kier alpha value is -1.39. The molecule has 2 rings (SSSR count). The summed E-state index contributed by atoms with van der Waals surface area (Å²) in [4.78, 5) is 14.4. The van der Waals surface area contributed by atoms with Gasteiger partial charge in [0.15, 0.2) is 0 Å². The molecule has 2 unspecified atom stereocenters. The summed E-state index contributed by atoms with van der Waals surface area (Å²) in [6.45, 7) is 3.18. The number of para-hydroxylation sites is 1. The molecule has 1 fully saturated rings. The highest BCUT2D eigenvalue weighted by molar-refractivity contribution is 5.92. The van der Waals surface area contributed by atoms with E-state index < -0.39 is 0 Å². The van der Waals surface area contributed by atoms with Crippen LogP contribution in [0.3, 0.4) is 0 Å². The zero-order chi connectivity index (χ0) is 15.1. The molecule has 0 bridgehead atoms. The molecule has 2 N–H and O–H groups in total. The number of aliphatic hydroxyl groups excluding tert-OH is 1. The van der Waals surface area contributed by atoms with Crippen molar-refractivity contribution in [2.75, 3.05) is 18.4 Å². The van der Waals surface area contributed by atoms with Gasteiger partial charge in [0, 0.05) is 11.7 Å². The highest BCUT2D eigenvalue weighted by Crippen LogP contribution is 2.20. The summed E-state index contributed by atoms with van der Waals surface area (Å²) in [6.07, 6.45) is 5.05. The lowest BCUT2D eigenvalue weighted by molar-refractivity contribution is -0.118. The highest BCUT2D eigenvalue weighted by Gasteiger charge is 2.24. The summed E-state index contributed by atoms with van der Waals surface area (Å²) in [5.74, 6) is 0.0266. The van der Waals surface area contributed by atoms with E-state index in [1.807, 2.05) is 37.3 Å². The van der Waals surface area contributed by atoms with Gasteiger partial charge in [-0.25, -0.2) is 0 Å².